The highest BCUT2D eigenvalue weighted by Crippen LogP contribution is 2.24. The van der Waals surface area contributed by atoms with Gasteiger partial charge in [0.2, 0.25) is 5.91 Å². The zero-order chi connectivity index (χ0) is 13.1. The van der Waals surface area contributed by atoms with Crippen molar-refractivity contribution in [3.05, 3.63) is 28.8 Å². The maximum Gasteiger partial charge on any atom is 0.231 e. The van der Waals surface area contributed by atoms with E-state index in [4.69, 9.17) is 16.3 Å². The minimum absolute atomic E-state index is 0.0304. The van der Waals surface area contributed by atoms with Crippen molar-refractivity contribution in [1.29, 1.82) is 0 Å². The highest BCUT2D eigenvalue weighted by molar-refractivity contribution is 6.31. The van der Waals surface area contributed by atoms with Crippen LogP contribution < -0.4 is 10.6 Å². The summed E-state index contributed by atoms with van der Waals surface area (Å²) in [4.78, 5) is 12.2. The molecular weight excluding hydrogens is 252 g/mol. The molecule has 0 bridgehead atoms. The van der Waals surface area contributed by atoms with Gasteiger partial charge in [-0.2, -0.15) is 0 Å². The third-order valence-corrected chi connectivity index (χ3v) is 3.72. The molecule has 18 heavy (non-hydrogen) atoms. The predicted molar refractivity (Wildman–Crippen MR) is 72.0 cm³/mol. The molecule has 0 radical (unpaired) electrons. The number of ether oxygens (including phenoxy) is 1. The van der Waals surface area contributed by atoms with E-state index >= 15 is 0 Å². The molecule has 2 N–H and O–H groups in total. The van der Waals surface area contributed by atoms with E-state index in [1.165, 1.54) is 0 Å². The van der Waals surface area contributed by atoms with Crippen LogP contribution in [-0.2, 0) is 9.53 Å². The van der Waals surface area contributed by atoms with Crippen molar-refractivity contribution >= 4 is 23.2 Å². The van der Waals surface area contributed by atoms with E-state index in [2.05, 4.69) is 10.6 Å². The molecule has 1 aliphatic rings. The standard InChI is InChI=1S/C13H17ClN2O2/c1-8-10(14)4-3-5-11(8)16-13(17)9-6-18-7-12(9)15-2/h3-5,9,12,15H,6-7H2,1-2H3,(H,16,17). The summed E-state index contributed by atoms with van der Waals surface area (Å²) in [5, 5.41) is 6.66. The summed E-state index contributed by atoms with van der Waals surface area (Å²) in [6.07, 6.45) is 0. The van der Waals surface area contributed by atoms with Crippen molar-refractivity contribution in [3.8, 4) is 0 Å². The first-order valence-electron chi connectivity index (χ1n) is 5.94. The first-order chi connectivity index (χ1) is 8.63. The van der Waals surface area contributed by atoms with Gasteiger partial charge in [0.25, 0.3) is 0 Å². The first-order valence-corrected chi connectivity index (χ1v) is 6.32. The molecule has 1 saturated heterocycles. The number of anilines is 1. The fourth-order valence-electron chi connectivity index (χ4n) is 2.07. The van der Waals surface area contributed by atoms with Gasteiger partial charge in [0.1, 0.15) is 0 Å². The highest BCUT2D eigenvalue weighted by Gasteiger charge is 2.33. The van der Waals surface area contributed by atoms with Crippen molar-refractivity contribution in [1.82, 2.24) is 5.32 Å². The monoisotopic (exact) mass is 268 g/mol. The molecule has 0 aromatic heterocycles. The lowest BCUT2D eigenvalue weighted by Crippen LogP contribution is -2.39. The molecule has 2 unspecified atom stereocenters. The second-order valence-corrected chi connectivity index (χ2v) is 4.85. The Morgan fingerprint density at radius 2 is 2.22 bits per heavy atom. The Balaban J connectivity index is 2.09. The van der Waals surface area contributed by atoms with Gasteiger partial charge in [-0.25, -0.2) is 0 Å². The topological polar surface area (TPSA) is 50.4 Å². The molecule has 5 heteroatoms. The highest BCUT2D eigenvalue weighted by atomic mass is 35.5. The van der Waals surface area contributed by atoms with E-state index in [-0.39, 0.29) is 17.9 Å². The van der Waals surface area contributed by atoms with Crippen molar-refractivity contribution in [2.75, 3.05) is 25.6 Å². The minimum Gasteiger partial charge on any atom is -0.379 e. The smallest absolute Gasteiger partial charge is 0.231 e. The van der Waals surface area contributed by atoms with Gasteiger partial charge in [-0.15, -0.1) is 0 Å². The van der Waals surface area contributed by atoms with Crippen molar-refractivity contribution in [2.45, 2.75) is 13.0 Å². The maximum atomic E-state index is 12.2. The largest absolute Gasteiger partial charge is 0.379 e. The molecular formula is C13H17ClN2O2. The average Bonchev–Trinajstić information content (AvgIpc) is 2.83. The lowest BCUT2D eigenvalue weighted by molar-refractivity contribution is -0.120. The number of carbonyl (C=O) groups is 1. The summed E-state index contributed by atoms with van der Waals surface area (Å²) >= 11 is 6.02. The fraction of sp³-hybridized carbons (Fsp3) is 0.462. The molecule has 0 spiro atoms. The van der Waals surface area contributed by atoms with E-state index in [1.54, 1.807) is 0 Å². The number of amides is 1. The molecule has 0 aliphatic carbocycles. The molecule has 2 rings (SSSR count). The maximum absolute atomic E-state index is 12.2. The Labute approximate surface area is 112 Å². The molecule has 1 fully saturated rings. The van der Waals surface area contributed by atoms with Gasteiger partial charge in [0.05, 0.1) is 19.1 Å². The molecule has 1 heterocycles. The number of benzene rings is 1. The molecule has 98 valence electrons. The molecule has 4 nitrogen and oxygen atoms in total. The van der Waals surface area contributed by atoms with Gasteiger partial charge in [-0.1, -0.05) is 17.7 Å². The number of rotatable bonds is 3. The van der Waals surface area contributed by atoms with Gasteiger partial charge in [0.15, 0.2) is 0 Å². The second-order valence-electron chi connectivity index (χ2n) is 4.44. The van der Waals surface area contributed by atoms with Gasteiger partial charge >= 0.3 is 0 Å². The van der Waals surface area contributed by atoms with Crippen LogP contribution in [-0.4, -0.2) is 32.2 Å². The summed E-state index contributed by atoms with van der Waals surface area (Å²) in [7, 11) is 1.84. The Bertz CT molecular complexity index is 451. The molecule has 1 aromatic rings. The van der Waals surface area contributed by atoms with Crippen LogP contribution in [0.5, 0.6) is 0 Å². The average molecular weight is 269 g/mol. The number of halogens is 1. The number of hydrogen-bond acceptors (Lipinski definition) is 3. The summed E-state index contributed by atoms with van der Waals surface area (Å²) in [6, 6.07) is 5.56. The lowest BCUT2D eigenvalue weighted by atomic mass is 10.0. The zero-order valence-corrected chi connectivity index (χ0v) is 11.3. The minimum atomic E-state index is -0.159. The van der Waals surface area contributed by atoms with Crippen LogP contribution in [0.1, 0.15) is 5.56 Å². The Morgan fingerprint density at radius 1 is 1.44 bits per heavy atom. The molecule has 1 amide bonds. The van der Waals surface area contributed by atoms with E-state index < -0.39 is 0 Å². The predicted octanol–water partition coefficient (Wildman–Crippen LogP) is 1.82. The molecule has 1 aromatic carbocycles. The molecule has 0 saturated carbocycles. The van der Waals surface area contributed by atoms with Crippen molar-refractivity contribution in [3.63, 3.8) is 0 Å². The zero-order valence-electron chi connectivity index (χ0n) is 10.5. The van der Waals surface area contributed by atoms with Gasteiger partial charge in [-0.05, 0) is 31.7 Å². The summed E-state index contributed by atoms with van der Waals surface area (Å²) in [5.41, 5.74) is 1.64. The molecule has 1 aliphatic heterocycles. The van der Waals surface area contributed by atoms with E-state index in [1.807, 2.05) is 32.2 Å². The van der Waals surface area contributed by atoms with Crippen LogP contribution in [0.15, 0.2) is 18.2 Å². The Kier molecular flexibility index (Phi) is 4.22. The van der Waals surface area contributed by atoms with Gasteiger partial charge in [0, 0.05) is 16.8 Å². The fourth-order valence-corrected chi connectivity index (χ4v) is 2.24. The third kappa shape index (κ3) is 2.66. The number of carbonyl (C=O) groups excluding carboxylic acids is 1. The molecule has 2 atom stereocenters. The normalized spacial score (nSPS) is 23.1. The van der Waals surface area contributed by atoms with Gasteiger partial charge < -0.3 is 15.4 Å². The van der Waals surface area contributed by atoms with Crippen LogP contribution in [0.3, 0.4) is 0 Å². The van der Waals surface area contributed by atoms with E-state index in [0.29, 0.717) is 18.2 Å². The van der Waals surface area contributed by atoms with Crippen molar-refractivity contribution < 1.29 is 9.53 Å². The number of likely N-dealkylation sites (N-methyl/N-ethyl adjacent to an activating group) is 1. The van der Waals surface area contributed by atoms with Crippen LogP contribution in [0, 0.1) is 12.8 Å². The van der Waals surface area contributed by atoms with E-state index in [9.17, 15) is 4.79 Å². The first kappa shape index (κ1) is 13.3. The lowest BCUT2D eigenvalue weighted by Gasteiger charge is -2.17. The SMILES string of the molecule is CNC1COCC1C(=O)Nc1cccc(Cl)c1C. The quantitative estimate of drug-likeness (QED) is 0.879. The number of hydrogen-bond donors (Lipinski definition) is 2. The van der Waals surface area contributed by atoms with Crippen LogP contribution in [0.25, 0.3) is 0 Å². The second kappa shape index (κ2) is 5.69. The summed E-state index contributed by atoms with van der Waals surface area (Å²) in [5.74, 6) is -0.189. The third-order valence-electron chi connectivity index (χ3n) is 3.31. The number of nitrogens with one attached hydrogen (secondary N) is 2. The Morgan fingerprint density at radius 3 is 2.94 bits per heavy atom. The Hall–Kier alpha value is -1.10. The summed E-state index contributed by atoms with van der Waals surface area (Å²) < 4.78 is 5.32. The van der Waals surface area contributed by atoms with Crippen LogP contribution in [0.2, 0.25) is 5.02 Å². The van der Waals surface area contributed by atoms with Gasteiger partial charge in [-0.3, -0.25) is 4.79 Å². The van der Waals surface area contributed by atoms with Crippen LogP contribution in [0.4, 0.5) is 5.69 Å². The van der Waals surface area contributed by atoms with E-state index in [0.717, 1.165) is 11.3 Å². The summed E-state index contributed by atoms with van der Waals surface area (Å²) in [6.45, 7) is 2.92. The van der Waals surface area contributed by atoms with Crippen molar-refractivity contribution in [2.24, 2.45) is 5.92 Å². The van der Waals surface area contributed by atoms with Crippen LogP contribution >= 0.6 is 11.6 Å².